The van der Waals surface area contributed by atoms with Crippen molar-refractivity contribution in [1.29, 1.82) is 0 Å². The molecule has 1 aliphatic rings. The topological polar surface area (TPSA) is 68.3 Å². The molecule has 0 radical (unpaired) electrons. The second-order valence-electron chi connectivity index (χ2n) is 7.11. The van der Waals surface area contributed by atoms with Crippen LogP contribution in [0.15, 0.2) is 29.6 Å². The maximum Gasteiger partial charge on any atom is 0.311 e. The van der Waals surface area contributed by atoms with Crippen molar-refractivity contribution < 1.29 is 14.3 Å². The Morgan fingerprint density at radius 2 is 2.00 bits per heavy atom. The van der Waals surface area contributed by atoms with Gasteiger partial charge in [0.25, 0.3) is 0 Å². The second-order valence-corrected chi connectivity index (χ2v) is 8.40. The number of anilines is 1. The highest BCUT2D eigenvalue weighted by molar-refractivity contribution is 7.13. The van der Waals surface area contributed by atoms with Crippen LogP contribution in [-0.2, 0) is 20.7 Å². The molecule has 0 aliphatic heterocycles. The number of aromatic nitrogens is 1. The van der Waals surface area contributed by atoms with Crippen LogP contribution in [0.25, 0.3) is 0 Å². The molecule has 0 spiro atoms. The van der Waals surface area contributed by atoms with Crippen LogP contribution in [0.5, 0.6) is 0 Å². The fraction of sp³-hybridized carbons (Fsp3) is 0.476. The number of carbonyl (C=O) groups is 2. The monoisotopic (exact) mass is 420 g/mol. The number of hydrogen-bond acceptors (Lipinski definition) is 5. The summed E-state index contributed by atoms with van der Waals surface area (Å²) in [4.78, 5) is 29.0. The number of thiazole rings is 1. The summed E-state index contributed by atoms with van der Waals surface area (Å²) in [5.41, 5.74) is 1.58. The van der Waals surface area contributed by atoms with Crippen LogP contribution < -0.4 is 5.32 Å². The molecule has 150 valence electrons. The summed E-state index contributed by atoms with van der Waals surface area (Å²) in [6.07, 6.45) is 5.78. The zero-order valence-corrected chi connectivity index (χ0v) is 17.5. The molecule has 1 heterocycles. The van der Waals surface area contributed by atoms with Gasteiger partial charge in [0.05, 0.1) is 24.6 Å². The molecule has 7 heteroatoms. The zero-order chi connectivity index (χ0) is 19.9. The molecule has 1 aromatic carbocycles. The van der Waals surface area contributed by atoms with Gasteiger partial charge in [-0.1, -0.05) is 49.4 Å². The van der Waals surface area contributed by atoms with Gasteiger partial charge in [-0.15, -0.1) is 11.3 Å². The van der Waals surface area contributed by atoms with Crippen LogP contribution in [-0.4, -0.2) is 23.5 Å². The quantitative estimate of drug-likeness (QED) is 0.595. The molecule has 1 N–H and O–H groups in total. The van der Waals surface area contributed by atoms with E-state index >= 15 is 0 Å². The van der Waals surface area contributed by atoms with E-state index in [0.717, 1.165) is 12.0 Å². The fourth-order valence-corrected chi connectivity index (χ4v) is 4.51. The van der Waals surface area contributed by atoms with Gasteiger partial charge >= 0.3 is 5.97 Å². The number of carbonyl (C=O) groups excluding carboxylic acids is 2. The number of nitrogens with one attached hydrogen (secondary N) is 1. The number of hydrogen-bond donors (Lipinski definition) is 1. The first-order chi connectivity index (χ1) is 13.5. The standard InChI is InChI=1S/C21H25ClN2O3S/c1-2-27-19(25)12-17-13-28-21(23-17)24-20(26)18(11-14-5-3-4-6-14)15-7-9-16(22)10-8-15/h7-10,13-14,18H,2-6,11-12H2,1H3,(H,23,24,26). The minimum absolute atomic E-state index is 0.0637. The normalized spacial score (nSPS) is 15.4. The molecule has 0 saturated heterocycles. The van der Waals surface area contributed by atoms with E-state index in [1.165, 1.54) is 37.0 Å². The average Bonchev–Trinajstić information content (AvgIpc) is 3.33. The minimum Gasteiger partial charge on any atom is -0.466 e. The molecule has 2 aromatic rings. The van der Waals surface area contributed by atoms with Crippen LogP contribution in [0.2, 0.25) is 5.02 Å². The van der Waals surface area contributed by atoms with Crippen LogP contribution in [0.3, 0.4) is 0 Å². The van der Waals surface area contributed by atoms with Crippen molar-refractivity contribution in [2.24, 2.45) is 5.92 Å². The smallest absolute Gasteiger partial charge is 0.311 e. The van der Waals surface area contributed by atoms with Gasteiger partial charge in [0, 0.05) is 10.4 Å². The summed E-state index contributed by atoms with van der Waals surface area (Å²) in [6, 6.07) is 7.50. The molecule has 1 atom stereocenters. The maximum atomic E-state index is 13.1. The molecule has 28 heavy (non-hydrogen) atoms. The molecule has 1 fully saturated rings. The van der Waals surface area contributed by atoms with E-state index in [2.05, 4.69) is 10.3 Å². The lowest BCUT2D eigenvalue weighted by Crippen LogP contribution is -2.23. The van der Waals surface area contributed by atoms with Gasteiger partial charge in [-0.2, -0.15) is 0 Å². The first-order valence-electron chi connectivity index (χ1n) is 9.71. The number of ether oxygens (including phenoxy) is 1. The fourth-order valence-electron chi connectivity index (χ4n) is 3.67. The Morgan fingerprint density at radius 1 is 1.29 bits per heavy atom. The van der Waals surface area contributed by atoms with E-state index in [9.17, 15) is 9.59 Å². The lowest BCUT2D eigenvalue weighted by Gasteiger charge is -2.20. The number of benzene rings is 1. The molecule has 1 unspecified atom stereocenters. The Hall–Kier alpha value is -1.92. The first-order valence-corrected chi connectivity index (χ1v) is 11.0. The molecular weight excluding hydrogens is 396 g/mol. The van der Waals surface area contributed by atoms with E-state index in [-0.39, 0.29) is 24.2 Å². The summed E-state index contributed by atoms with van der Waals surface area (Å²) < 4.78 is 4.94. The van der Waals surface area contributed by atoms with Crippen molar-refractivity contribution in [3.8, 4) is 0 Å². The van der Waals surface area contributed by atoms with Gasteiger partial charge < -0.3 is 10.1 Å². The SMILES string of the molecule is CCOC(=O)Cc1csc(NC(=O)C(CC2CCCC2)c2ccc(Cl)cc2)n1. The van der Waals surface area contributed by atoms with E-state index in [4.69, 9.17) is 16.3 Å². The Kier molecular flexibility index (Phi) is 7.45. The highest BCUT2D eigenvalue weighted by Gasteiger charge is 2.27. The van der Waals surface area contributed by atoms with E-state index < -0.39 is 0 Å². The summed E-state index contributed by atoms with van der Waals surface area (Å²) in [5.74, 6) is -0.0444. The lowest BCUT2D eigenvalue weighted by atomic mass is 9.87. The van der Waals surface area contributed by atoms with Crippen molar-refractivity contribution in [2.45, 2.75) is 51.4 Å². The predicted molar refractivity (Wildman–Crippen MR) is 112 cm³/mol. The molecule has 1 amide bonds. The third-order valence-electron chi connectivity index (χ3n) is 5.05. The third kappa shape index (κ3) is 5.79. The first kappa shape index (κ1) is 20.8. The van der Waals surface area contributed by atoms with Gasteiger partial charge in [0.1, 0.15) is 0 Å². The number of rotatable bonds is 8. The molecule has 5 nitrogen and oxygen atoms in total. The summed E-state index contributed by atoms with van der Waals surface area (Å²) in [7, 11) is 0. The van der Waals surface area contributed by atoms with Crippen LogP contribution >= 0.6 is 22.9 Å². The van der Waals surface area contributed by atoms with Crippen LogP contribution in [0.1, 0.15) is 56.2 Å². The molecule has 1 saturated carbocycles. The van der Waals surface area contributed by atoms with Crippen molar-refractivity contribution in [2.75, 3.05) is 11.9 Å². The van der Waals surface area contributed by atoms with Crippen LogP contribution in [0, 0.1) is 5.92 Å². The minimum atomic E-state index is -0.314. The summed E-state index contributed by atoms with van der Waals surface area (Å²) in [6.45, 7) is 2.11. The largest absolute Gasteiger partial charge is 0.466 e. The average molecular weight is 421 g/mol. The third-order valence-corrected chi connectivity index (χ3v) is 6.10. The second kappa shape index (κ2) is 10.0. The molecular formula is C21H25ClN2O3S. The zero-order valence-electron chi connectivity index (χ0n) is 15.9. The Labute approximate surface area is 174 Å². The van der Waals surface area contributed by atoms with Gasteiger partial charge in [0.15, 0.2) is 5.13 Å². The van der Waals surface area contributed by atoms with E-state index in [1.54, 1.807) is 12.3 Å². The summed E-state index contributed by atoms with van der Waals surface area (Å²) >= 11 is 7.34. The van der Waals surface area contributed by atoms with Crippen molar-refractivity contribution in [3.05, 3.63) is 45.9 Å². The maximum absolute atomic E-state index is 13.1. The lowest BCUT2D eigenvalue weighted by molar-refractivity contribution is -0.142. The predicted octanol–water partition coefficient (Wildman–Crippen LogP) is 5.20. The molecule has 1 aliphatic carbocycles. The molecule has 1 aromatic heterocycles. The van der Waals surface area contributed by atoms with E-state index in [0.29, 0.717) is 28.4 Å². The van der Waals surface area contributed by atoms with Crippen molar-refractivity contribution in [3.63, 3.8) is 0 Å². The Morgan fingerprint density at radius 3 is 2.68 bits per heavy atom. The number of amides is 1. The number of halogens is 1. The van der Waals surface area contributed by atoms with Crippen molar-refractivity contribution >= 4 is 39.9 Å². The number of nitrogens with zero attached hydrogens (tertiary/aromatic N) is 1. The molecule has 3 rings (SSSR count). The molecule has 0 bridgehead atoms. The Bertz CT molecular complexity index is 800. The van der Waals surface area contributed by atoms with E-state index in [1.807, 2.05) is 24.3 Å². The van der Waals surface area contributed by atoms with Gasteiger partial charge in [-0.05, 0) is 37.0 Å². The summed E-state index contributed by atoms with van der Waals surface area (Å²) in [5, 5.41) is 5.89. The van der Waals surface area contributed by atoms with Crippen molar-refractivity contribution in [1.82, 2.24) is 4.98 Å². The van der Waals surface area contributed by atoms with Crippen LogP contribution in [0.4, 0.5) is 5.13 Å². The Balaban J connectivity index is 1.69. The number of esters is 1. The van der Waals surface area contributed by atoms with Gasteiger partial charge in [0.2, 0.25) is 5.91 Å². The van der Waals surface area contributed by atoms with Gasteiger partial charge in [-0.3, -0.25) is 9.59 Å². The highest BCUT2D eigenvalue weighted by atomic mass is 35.5. The van der Waals surface area contributed by atoms with Gasteiger partial charge in [-0.25, -0.2) is 4.98 Å². The highest BCUT2D eigenvalue weighted by Crippen LogP contribution is 2.35.